The fourth-order valence-corrected chi connectivity index (χ4v) is 2.18. The molecule has 0 radical (unpaired) electrons. The molecule has 1 N–H and O–H groups in total. The number of para-hydroxylation sites is 2. The van der Waals surface area contributed by atoms with E-state index in [1.54, 1.807) is 0 Å². The SMILES string of the molecule is Br.ClC1=Cc2ccccc2Nc2ccccc21. The van der Waals surface area contributed by atoms with Crippen LogP contribution in [0.1, 0.15) is 11.1 Å². The first kappa shape index (κ1) is 12.2. The molecule has 0 spiro atoms. The molecule has 17 heavy (non-hydrogen) atoms. The van der Waals surface area contributed by atoms with E-state index in [1.807, 2.05) is 42.5 Å². The number of benzene rings is 2. The number of fused-ring (bicyclic) bond motifs is 2. The number of halogens is 2. The van der Waals surface area contributed by atoms with Crippen molar-refractivity contribution in [3.05, 3.63) is 59.7 Å². The minimum Gasteiger partial charge on any atom is -0.355 e. The lowest BCUT2D eigenvalue weighted by Crippen LogP contribution is -1.92. The average molecular weight is 309 g/mol. The van der Waals surface area contributed by atoms with E-state index in [0.717, 1.165) is 27.5 Å². The van der Waals surface area contributed by atoms with E-state index in [1.165, 1.54) is 0 Å². The van der Waals surface area contributed by atoms with E-state index >= 15 is 0 Å². The molecule has 2 aromatic carbocycles. The van der Waals surface area contributed by atoms with Gasteiger partial charge in [0.05, 0.1) is 5.03 Å². The molecule has 0 amide bonds. The first-order valence-electron chi connectivity index (χ1n) is 5.17. The summed E-state index contributed by atoms with van der Waals surface area (Å²) in [5.41, 5.74) is 4.29. The van der Waals surface area contributed by atoms with Crippen molar-refractivity contribution in [2.24, 2.45) is 0 Å². The highest BCUT2D eigenvalue weighted by molar-refractivity contribution is 8.93. The van der Waals surface area contributed by atoms with Gasteiger partial charge in [-0.15, -0.1) is 17.0 Å². The lowest BCUT2D eigenvalue weighted by molar-refractivity contribution is 1.53. The van der Waals surface area contributed by atoms with Crippen molar-refractivity contribution in [1.29, 1.82) is 0 Å². The molecule has 86 valence electrons. The Hall–Kier alpha value is -1.25. The maximum absolute atomic E-state index is 6.30. The minimum absolute atomic E-state index is 0. The Labute approximate surface area is 116 Å². The number of hydrogen-bond acceptors (Lipinski definition) is 1. The van der Waals surface area contributed by atoms with Crippen LogP contribution in [0.3, 0.4) is 0 Å². The standard InChI is InChI=1S/C14H10ClN.BrH/c15-12-9-10-5-1-3-7-13(10)16-14-8-4-2-6-11(12)14;/h1-9,16H;1H. The molecule has 1 nitrogen and oxygen atoms in total. The van der Waals surface area contributed by atoms with Crippen LogP contribution < -0.4 is 5.32 Å². The largest absolute Gasteiger partial charge is 0.355 e. The summed E-state index contributed by atoms with van der Waals surface area (Å²) < 4.78 is 0. The average Bonchev–Trinajstić information content (AvgIpc) is 2.45. The van der Waals surface area contributed by atoms with Gasteiger partial charge in [0.15, 0.2) is 0 Å². The lowest BCUT2D eigenvalue weighted by Gasteiger charge is -2.09. The third kappa shape index (κ3) is 2.24. The van der Waals surface area contributed by atoms with Crippen LogP contribution in [0.4, 0.5) is 11.4 Å². The van der Waals surface area contributed by atoms with Gasteiger partial charge in [-0.25, -0.2) is 0 Å². The molecule has 0 saturated heterocycles. The molecule has 3 heteroatoms. The topological polar surface area (TPSA) is 12.0 Å². The quantitative estimate of drug-likeness (QED) is 0.717. The fraction of sp³-hybridized carbons (Fsp3) is 0. The van der Waals surface area contributed by atoms with Gasteiger partial charge in [0, 0.05) is 16.9 Å². The maximum Gasteiger partial charge on any atom is 0.0505 e. The molecule has 3 rings (SSSR count). The van der Waals surface area contributed by atoms with Crippen molar-refractivity contribution in [3.63, 3.8) is 0 Å². The Morgan fingerprint density at radius 2 is 1.47 bits per heavy atom. The Morgan fingerprint density at radius 3 is 2.29 bits per heavy atom. The van der Waals surface area contributed by atoms with E-state index in [0.29, 0.717) is 0 Å². The van der Waals surface area contributed by atoms with Crippen molar-refractivity contribution >= 4 is 51.1 Å². The zero-order valence-corrected chi connectivity index (χ0v) is 11.5. The number of nitrogens with one attached hydrogen (secondary N) is 1. The van der Waals surface area contributed by atoms with Gasteiger partial charge in [-0.2, -0.15) is 0 Å². The van der Waals surface area contributed by atoms with Gasteiger partial charge in [-0.05, 0) is 23.8 Å². The lowest BCUT2D eigenvalue weighted by atomic mass is 10.1. The van der Waals surface area contributed by atoms with Gasteiger partial charge in [-0.3, -0.25) is 0 Å². The summed E-state index contributed by atoms with van der Waals surface area (Å²) in [6.45, 7) is 0. The highest BCUT2D eigenvalue weighted by atomic mass is 79.9. The molecule has 1 aliphatic heterocycles. The van der Waals surface area contributed by atoms with Crippen molar-refractivity contribution in [3.8, 4) is 0 Å². The van der Waals surface area contributed by atoms with Crippen LogP contribution in [0.25, 0.3) is 11.1 Å². The molecular weight excluding hydrogens is 298 g/mol. The maximum atomic E-state index is 6.30. The van der Waals surface area contributed by atoms with Crippen LogP contribution >= 0.6 is 28.6 Å². The molecule has 2 aromatic rings. The van der Waals surface area contributed by atoms with E-state index in [4.69, 9.17) is 11.6 Å². The summed E-state index contributed by atoms with van der Waals surface area (Å²) in [7, 11) is 0. The second-order valence-corrected chi connectivity index (χ2v) is 4.16. The van der Waals surface area contributed by atoms with Crippen LogP contribution in [0.5, 0.6) is 0 Å². The molecule has 0 aliphatic carbocycles. The zero-order valence-electron chi connectivity index (χ0n) is 8.98. The number of hydrogen-bond donors (Lipinski definition) is 1. The second-order valence-electron chi connectivity index (χ2n) is 3.75. The second kappa shape index (κ2) is 4.94. The predicted molar refractivity (Wildman–Crippen MR) is 80.2 cm³/mol. The van der Waals surface area contributed by atoms with Gasteiger partial charge in [0.25, 0.3) is 0 Å². The summed E-state index contributed by atoms with van der Waals surface area (Å²) in [4.78, 5) is 0. The zero-order chi connectivity index (χ0) is 11.0. The van der Waals surface area contributed by atoms with Crippen molar-refractivity contribution < 1.29 is 0 Å². The Balaban J connectivity index is 0.00000108. The van der Waals surface area contributed by atoms with Gasteiger partial charge < -0.3 is 5.32 Å². The predicted octanol–water partition coefficient (Wildman–Crippen LogP) is 5.06. The molecule has 0 aromatic heterocycles. The Bertz CT molecular complexity index is 578. The minimum atomic E-state index is 0. The van der Waals surface area contributed by atoms with Crippen LogP contribution in [0.15, 0.2) is 48.5 Å². The molecule has 0 fully saturated rings. The molecule has 0 atom stereocenters. The molecule has 1 aliphatic rings. The summed E-state index contributed by atoms with van der Waals surface area (Å²) in [5, 5.41) is 4.17. The first-order chi connectivity index (χ1) is 7.84. The molecular formula is C14H11BrClN. The Morgan fingerprint density at radius 1 is 0.824 bits per heavy atom. The first-order valence-corrected chi connectivity index (χ1v) is 5.55. The molecule has 0 saturated carbocycles. The monoisotopic (exact) mass is 307 g/mol. The number of anilines is 2. The fourth-order valence-electron chi connectivity index (χ4n) is 1.90. The van der Waals surface area contributed by atoms with E-state index in [9.17, 15) is 0 Å². The molecule has 0 unspecified atom stereocenters. The molecule has 1 heterocycles. The number of rotatable bonds is 0. The normalized spacial score (nSPS) is 12.2. The van der Waals surface area contributed by atoms with Crippen molar-refractivity contribution in [2.75, 3.05) is 5.32 Å². The van der Waals surface area contributed by atoms with E-state index in [2.05, 4.69) is 17.4 Å². The van der Waals surface area contributed by atoms with Crippen LogP contribution in [-0.4, -0.2) is 0 Å². The third-order valence-corrected chi connectivity index (χ3v) is 3.01. The van der Waals surface area contributed by atoms with Crippen molar-refractivity contribution in [2.45, 2.75) is 0 Å². The third-order valence-electron chi connectivity index (χ3n) is 2.70. The molecule has 0 bridgehead atoms. The smallest absolute Gasteiger partial charge is 0.0505 e. The van der Waals surface area contributed by atoms with Gasteiger partial charge in [0.1, 0.15) is 0 Å². The van der Waals surface area contributed by atoms with Crippen molar-refractivity contribution in [1.82, 2.24) is 0 Å². The summed E-state index contributed by atoms with van der Waals surface area (Å²) in [5.74, 6) is 0. The summed E-state index contributed by atoms with van der Waals surface area (Å²) in [6, 6.07) is 16.2. The Kier molecular flexibility index (Phi) is 3.55. The summed E-state index contributed by atoms with van der Waals surface area (Å²) in [6.07, 6.45) is 2.00. The van der Waals surface area contributed by atoms with Crippen LogP contribution in [0.2, 0.25) is 0 Å². The van der Waals surface area contributed by atoms with E-state index < -0.39 is 0 Å². The highest BCUT2D eigenvalue weighted by Crippen LogP contribution is 2.36. The summed E-state index contributed by atoms with van der Waals surface area (Å²) >= 11 is 6.30. The van der Waals surface area contributed by atoms with E-state index in [-0.39, 0.29) is 17.0 Å². The van der Waals surface area contributed by atoms with Gasteiger partial charge in [-0.1, -0.05) is 48.0 Å². The highest BCUT2D eigenvalue weighted by Gasteiger charge is 2.11. The van der Waals surface area contributed by atoms with Gasteiger partial charge in [0.2, 0.25) is 0 Å². The van der Waals surface area contributed by atoms with Crippen LogP contribution in [-0.2, 0) is 0 Å². The van der Waals surface area contributed by atoms with Crippen LogP contribution in [0, 0.1) is 0 Å². The van der Waals surface area contributed by atoms with Gasteiger partial charge >= 0.3 is 0 Å².